The van der Waals surface area contributed by atoms with Gasteiger partial charge in [0.05, 0.1) is 30.5 Å². The van der Waals surface area contributed by atoms with Crippen molar-refractivity contribution in [1.29, 1.82) is 0 Å². The van der Waals surface area contributed by atoms with Crippen LogP contribution in [0.3, 0.4) is 0 Å². The van der Waals surface area contributed by atoms with Gasteiger partial charge in [-0.1, -0.05) is 18.2 Å². The van der Waals surface area contributed by atoms with Crippen LogP contribution in [0.5, 0.6) is 0 Å². The second kappa shape index (κ2) is 6.53. The molecule has 0 aliphatic carbocycles. The number of furan rings is 1. The normalized spacial score (nSPS) is 10.2. The van der Waals surface area contributed by atoms with Gasteiger partial charge in [0.25, 0.3) is 0 Å². The second-order valence-corrected chi connectivity index (χ2v) is 4.54. The highest BCUT2D eigenvalue weighted by molar-refractivity contribution is 5.89. The third kappa shape index (κ3) is 3.29. The van der Waals surface area contributed by atoms with Crippen LogP contribution < -0.4 is 10.6 Å². The van der Waals surface area contributed by atoms with E-state index in [0.29, 0.717) is 11.4 Å². The predicted molar refractivity (Wildman–Crippen MR) is 82.0 cm³/mol. The minimum Gasteiger partial charge on any atom is -0.472 e. The second-order valence-electron chi connectivity index (χ2n) is 4.54. The van der Waals surface area contributed by atoms with Gasteiger partial charge < -0.3 is 15.1 Å². The number of nitrogens with one attached hydrogen (secondary N) is 2. The van der Waals surface area contributed by atoms with Crippen LogP contribution in [0.4, 0.5) is 10.5 Å². The minimum absolute atomic E-state index is 0.271. The molecule has 110 valence electrons. The molecule has 0 saturated heterocycles. The monoisotopic (exact) mass is 294 g/mol. The number of nitrogens with zero attached hydrogens (tertiary/aromatic N) is 2. The lowest BCUT2D eigenvalue weighted by Crippen LogP contribution is -2.28. The Morgan fingerprint density at radius 2 is 1.91 bits per heavy atom. The first-order chi connectivity index (χ1) is 10.8. The van der Waals surface area contributed by atoms with Crippen LogP contribution in [-0.2, 0) is 6.54 Å². The third-order valence-corrected chi connectivity index (χ3v) is 3.02. The number of urea groups is 1. The summed E-state index contributed by atoms with van der Waals surface area (Å²) in [6.07, 6.45) is 6.37. The van der Waals surface area contributed by atoms with Crippen molar-refractivity contribution in [2.24, 2.45) is 0 Å². The van der Waals surface area contributed by atoms with E-state index in [4.69, 9.17) is 4.42 Å². The average molecular weight is 294 g/mol. The van der Waals surface area contributed by atoms with Crippen LogP contribution in [-0.4, -0.2) is 16.0 Å². The van der Waals surface area contributed by atoms with E-state index in [1.54, 1.807) is 31.0 Å². The van der Waals surface area contributed by atoms with E-state index < -0.39 is 0 Å². The maximum absolute atomic E-state index is 11.9. The molecule has 2 amide bonds. The maximum Gasteiger partial charge on any atom is 0.319 e. The number of rotatable bonds is 4. The first kappa shape index (κ1) is 13.8. The summed E-state index contributed by atoms with van der Waals surface area (Å²) in [5.41, 5.74) is 2.92. The fourth-order valence-electron chi connectivity index (χ4n) is 2.00. The van der Waals surface area contributed by atoms with Crippen LogP contribution in [0.1, 0.15) is 5.69 Å². The van der Waals surface area contributed by atoms with Crippen molar-refractivity contribution in [3.63, 3.8) is 0 Å². The van der Waals surface area contributed by atoms with Crippen molar-refractivity contribution in [3.05, 3.63) is 67.0 Å². The predicted octanol–water partition coefficient (Wildman–Crippen LogP) is 3.06. The Labute approximate surface area is 127 Å². The summed E-state index contributed by atoms with van der Waals surface area (Å²) in [7, 11) is 0. The van der Waals surface area contributed by atoms with Crippen molar-refractivity contribution >= 4 is 11.7 Å². The van der Waals surface area contributed by atoms with Gasteiger partial charge >= 0.3 is 6.03 Å². The zero-order valence-electron chi connectivity index (χ0n) is 11.7. The average Bonchev–Trinajstić information content (AvgIpc) is 3.08. The third-order valence-electron chi connectivity index (χ3n) is 3.02. The molecule has 1 aromatic carbocycles. The van der Waals surface area contributed by atoms with Crippen LogP contribution in [0.25, 0.3) is 11.3 Å². The zero-order chi connectivity index (χ0) is 15.2. The smallest absolute Gasteiger partial charge is 0.319 e. The number of amides is 2. The van der Waals surface area contributed by atoms with Gasteiger partial charge in [0.1, 0.15) is 0 Å². The summed E-state index contributed by atoms with van der Waals surface area (Å²) < 4.78 is 5.06. The van der Waals surface area contributed by atoms with Crippen molar-refractivity contribution in [3.8, 4) is 11.3 Å². The molecule has 0 aliphatic heterocycles. The molecule has 22 heavy (non-hydrogen) atoms. The summed E-state index contributed by atoms with van der Waals surface area (Å²) in [6, 6.07) is 10.7. The molecule has 6 heteroatoms. The van der Waals surface area contributed by atoms with E-state index in [1.807, 2.05) is 30.3 Å². The molecule has 0 radical (unpaired) electrons. The van der Waals surface area contributed by atoms with Gasteiger partial charge in [0.15, 0.2) is 0 Å². The molecule has 0 aliphatic rings. The molecule has 2 heterocycles. The van der Waals surface area contributed by atoms with Crippen molar-refractivity contribution in [2.75, 3.05) is 5.32 Å². The highest BCUT2D eigenvalue weighted by atomic mass is 16.3. The lowest BCUT2D eigenvalue weighted by Gasteiger charge is -2.09. The van der Waals surface area contributed by atoms with Crippen LogP contribution >= 0.6 is 0 Å². The summed E-state index contributed by atoms with van der Waals surface area (Å²) >= 11 is 0. The van der Waals surface area contributed by atoms with Gasteiger partial charge in [0, 0.05) is 23.6 Å². The molecule has 3 aromatic rings. The van der Waals surface area contributed by atoms with Crippen molar-refractivity contribution in [2.45, 2.75) is 6.54 Å². The van der Waals surface area contributed by atoms with E-state index in [1.165, 1.54) is 0 Å². The van der Waals surface area contributed by atoms with Crippen LogP contribution in [0.15, 0.2) is 65.7 Å². The quantitative estimate of drug-likeness (QED) is 0.775. The fourth-order valence-corrected chi connectivity index (χ4v) is 2.00. The fraction of sp³-hybridized carbons (Fsp3) is 0.0625. The molecule has 0 spiro atoms. The summed E-state index contributed by atoms with van der Waals surface area (Å²) in [5, 5.41) is 5.52. The van der Waals surface area contributed by atoms with E-state index in [-0.39, 0.29) is 12.6 Å². The van der Waals surface area contributed by atoms with E-state index in [0.717, 1.165) is 11.3 Å². The molecular weight excluding hydrogens is 280 g/mol. The lowest BCUT2D eigenvalue weighted by molar-refractivity contribution is 0.251. The van der Waals surface area contributed by atoms with E-state index in [2.05, 4.69) is 20.6 Å². The molecule has 0 saturated carbocycles. The van der Waals surface area contributed by atoms with Crippen LogP contribution in [0.2, 0.25) is 0 Å². The van der Waals surface area contributed by atoms with Gasteiger partial charge in [-0.25, -0.2) is 4.79 Å². The lowest BCUT2D eigenvalue weighted by atomic mass is 10.2. The molecule has 3 rings (SSSR count). The molecular formula is C16H14N4O2. The Balaban J connectivity index is 1.66. The van der Waals surface area contributed by atoms with Gasteiger partial charge in [0.2, 0.25) is 0 Å². The molecule has 0 unspecified atom stereocenters. The number of hydrogen-bond acceptors (Lipinski definition) is 4. The van der Waals surface area contributed by atoms with Gasteiger partial charge in [-0.05, 0) is 18.2 Å². The SMILES string of the molecule is O=C(NCc1nccnc1-c1ccoc1)Nc1ccccc1. The number of carbonyl (C=O) groups is 1. The van der Waals surface area contributed by atoms with Crippen molar-refractivity contribution < 1.29 is 9.21 Å². The van der Waals surface area contributed by atoms with Gasteiger partial charge in [-0.15, -0.1) is 0 Å². The molecule has 0 atom stereocenters. The van der Waals surface area contributed by atoms with Gasteiger partial charge in [-0.3, -0.25) is 9.97 Å². The Morgan fingerprint density at radius 1 is 1.09 bits per heavy atom. The number of para-hydroxylation sites is 1. The highest BCUT2D eigenvalue weighted by Gasteiger charge is 2.10. The number of anilines is 1. The minimum atomic E-state index is -0.296. The standard InChI is InChI=1S/C16H14N4O2/c21-16(20-13-4-2-1-3-5-13)19-10-14-15(18-8-7-17-14)12-6-9-22-11-12/h1-9,11H,10H2,(H2,19,20,21). The molecule has 0 bridgehead atoms. The van der Waals surface area contributed by atoms with Crippen LogP contribution in [0, 0.1) is 0 Å². The molecule has 2 aromatic heterocycles. The van der Waals surface area contributed by atoms with E-state index in [9.17, 15) is 4.79 Å². The Kier molecular flexibility index (Phi) is 4.10. The number of benzene rings is 1. The topological polar surface area (TPSA) is 80.1 Å². The first-order valence-corrected chi connectivity index (χ1v) is 6.75. The first-order valence-electron chi connectivity index (χ1n) is 6.75. The highest BCUT2D eigenvalue weighted by Crippen LogP contribution is 2.19. The summed E-state index contributed by atoms with van der Waals surface area (Å²) in [6.45, 7) is 0.271. The number of hydrogen-bond donors (Lipinski definition) is 2. The van der Waals surface area contributed by atoms with Crippen molar-refractivity contribution in [1.82, 2.24) is 15.3 Å². The molecule has 6 nitrogen and oxygen atoms in total. The maximum atomic E-state index is 11.9. The van der Waals surface area contributed by atoms with Gasteiger partial charge in [-0.2, -0.15) is 0 Å². The molecule has 0 fully saturated rings. The largest absolute Gasteiger partial charge is 0.472 e. The summed E-state index contributed by atoms with van der Waals surface area (Å²) in [4.78, 5) is 20.5. The molecule has 2 N–H and O–H groups in total. The Hall–Kier alpha value is -3.15. The zero-order valence-corrected chi connectivity index (χ0v) is 11.7. The summed E-state index contributed by atoms with van der Waals surface area (Å²) in [5.74, 6) is 0. The Morgan fingerprint density at radius 3 is 2.68 bits per heavy atom. The number of carbonyl (C=O) groups excluding carboxylic acids is 1. The Bertz CT molecular complexity index is 742. The number of aromatic nitrogens is 2. The van der Waals surface area contributed by atoms with E-state index >= 15 is 0 Å².